The number of thiophene rings is 2. The minimum absolute atomic E-state index is 0.0695. The van der Waals surface area contributed by atoms with Gasteiger partial charge < -0.3 is 9.64 Å². The average Bonchev–Trinajstić information content (AvgIpc) is 3.60. The van der Waals surface area contributed by atoms with E-state index in [1.54, 1.807) is 24.8 Å². The molecule has 0 saturated carbocycles. The number of hydrogen-bond donors (Lipinski definition) is 0. The van der Waals surface area contributed by atoms with Crippen LogP contribution in [0.15, 0.2) is 54.2 Å². The summed E-state index contributed by atoms with van der Waals surface area (Å²) in [5.41, 5.74) is 4.16. The standard InChI is InChI=1S/C26H22ClN5O2S2/c1-26(2)13-31(12-15-4-6-16(34-3)7-5-15)25(33)23-20(18-8-9-19(27)36-18)21(30-32(23)26)22-24-17(10-11-35-24)28-14-29-22/h4-11,14H,12-13H2,1-3H3. The van der Waals surface area contributed by atoms with E-state index in [-0.39, 0.29) is 5.91 Å². The van der Waals surface area contributed by atoms with Gasteiger partial charge in [-0.3, -0.25) is 9.48 Å². The van der Waals surface area contributed by atoms with Gasteiger partial charge in [-0.1, -0.05) is 23.7 Å². The van der Waals surface area contributed by atoms with Gasteiger partial charge in [0, 0.05) is 18.0 Å². The second kappa shape index (κ2) is 8.69. The maximum atomic E-state index is 14.1. The number of amides is 1. The van der Waals surface area contributed by atoms with Crippen LogP contribution >= 0.6 is 34.3 Å². The Bertz CT molecular complexity index is 1600. The van der Waals surface area contributed by atoms with Crippen LogP contribution in [-0.4, -0.2) is 44.2 Å². The van der Waals surface area contributed by atoms with Gasteiger partial charge in [-0.25, -0.2) is 9.97 Å². The van der Waals surface area contributed by atoms with Crippen molar-refractivity contribution in [3.8, 4) is 27.6 Å². The van der Waals surface area contributed by atoms with Gasteiger partial charge in [0.05, 0.1) is 32.8 Å². The minimum atomic E-state index is -0.439. The molecule has 0 unspecified atom stereocenters. The van der Waals surface area contributed by atoms with Gasteiger partial charge in [0.25, 0.3) is 5.91 Å². The summed E-state index contributed by atoms with van der Waals surface area (Å²) >= 11 is 9.35. The number of benzene rings is 1. The molecule has 0 spiro atoms. The predicted octanol–water partition coefficient (Wildman–Crippen LogP) is 6.34. The predicted molar refractivity (Wildman–Crippen MR) is 144 cm³/mol. The van der Waals surface area contributed by atoms with Gasteiger partial charge in [-0.05, 0) is 55.1 Å². The molecule has 1 aliphatic rings. The normalized spacial score (nSPS) is 14.9. The van der Waals surface area contributed by atoms with Crippen LogP contribution in [0.4, 0.5) is 0 Å². The minimum Gasteiger partial charge on any atom is -0.497 e. The van der Waals surface area contributed by atoms with E-state index in [4.69, 9.17) is 21.4 Å². The van der Waals surface area contributed by atoms with Crippen molar-refractivity contribution in [3.63, 3.8) is 0 Å². The Morgan fingerprint density at radius 1 is 1.08 bits per heavy atom. The Morgan fingerprint density at radius 2 is 1.89 bits per heavy atom. The number of methoxy groups -OCH3 is 1. The zero-order valence-corrected chi connectivity index (χ0v) is 22.2. The fourth-order valence-electron chi connectivity index (χ4n) is 4.69. The van der Waals surface area contributed by atoms with Crippen molar-refractivity contribution >= 4 is 50.4 Å². The number of rotatable bonds is 5. The van der Waals surface area contributed by atoms with Crippen LogP contribution in [0, 0.1) is 0 Å². The fraction of sp³-hybridized carbons (Fsp3) is 0.231. The number of nitrogens with zero attached hydrogens (tertiary/aromatic N) is 5. The number of fused-ring (bicyclic) bond motifs is 2. The molecule has 0 fully saturated rings. The highest BCUT2D eigenvalue weighted by Gasteiger charge is 2.42. The van der Waals surface area contributed by atoms with E-state index in [9.17, 15) is 4.79 Å². The average molecular weight is 536 g/mol. The summed E-state index contributed by atoms with van der Waals surface area (Å²) in [6, 6.07) is 13.6. The molecule has 0 aliphatic carbocycles. The third-order valence-corrected chi connectivity index (χ3v) is 8.50. The van der Waals surface area contributed by atoms with Crippen molar-refractivity contribution in [3.05, 3.63) is 69.8 Å². The second-order valence-corrected chi connectivity index (χ2v) is 11.9. The monoisotopic (exact) mass is 535 g/mol. The first-order chi connectivity index (χ1) is 17.4. The maximum Gasteiger partial charge on any atom is 0.273 e. The van der Waals surface area contributed by atoms with Gasteiger partial charge in [0.2, 0.25) is 0 Å². The summed E-state index contributed by atoms with van der Waals surface area (Å²) in [5, 5.41) is 7.03. The zero-order chi connectivity index (χ0) is 25.0. The van der Waals surface area contributed by atoms with Crippen LogP contribution in [0.25, 0.3) is 32.0 Å². The zero-order valence-electron chi connectivity index (χ0n) is 19.9. The summed E-state index contributed by atoms with van der Waals surface area (Å²) in [6.45, 7) is 5.22. The maximum absolute atomic E-state index is 14.1. The molecule has 5 heterocycles. The van der Waals surface area contributed by atoms with Crippen molar-refractivity contribution < 1.29 is 9.53 Å². The number of halogens is 1. The molecular formula is C26H22ClN5O2S2. The number of hydrogen-bond acceptors (Lipinski definition) is 7. The van der Waals surface area contributed by atoms with Crippen LogP contribution in [0.1, 0.15) is 29.9 Å². The van der Waals surface area contributed by atoms with E-state index in [2.05, 4.69) is 23.8 Å². The highest BCUT2D eigenvalue weighted by molar-refractivity contribution is 7.19. The lowest BCUT2D eigenvalue weighted by molar-refractivity contribution is 0.0557. The van der Waals surface area contributed by atoms with Gasteiger partial charge >= 0.3 is 0 Å². The molecule has 0 radical (unpaired) electrons. The molecule has 10 heteroatoms. The van der Waals surface area contributed by atoms with Crippen LogP contribution < -0.4 is 4.74 Å². The Hall–Kier alpha value is -3.27. The molecule has 4 aromatic heterocycles. The van der Waals surface area contributed by atoms with Crippen molar-refractivity contribution in [2.24, 2.45) is 0 Å². The highest BCUT2D eigenvalue weighted by Crippen LogP contribution is 2.44. The van der Waals surface area contributed by atoms with Crippen molar-refractivity contribution in [2.75, 3.05) is 13.7 Å². The molecule has 182 valence electrons. The van der Waals surface area contributed by atoms with Crippen molar-refractivity contribution in [1.82, 2.24) is 24.6 Å². The third kappa shape index (κ3) is 3.78. The smallest absolute Gasteiger partial charge is 0.273 e. The molecule has 0 saturated heterocycles. The van der Waals surface area contributed by atoms with E-state index < -0.39 is 5.54 Å². The summed E-state index contributed by atoms with van der Waals surface area (Å²) in [6.07, 6.45) is 1.55. The molecule has 6 rings (SSSR count). The summed E-state index contributed by atoms with van der Waals surface area (Å²) in [4.78, 5) is 25.9. The molecule has 1 amide bonds. The number of aromatic nitrogens is 4. The van der Waals surface area contributed by atoms with Crippen LogP contribution in [0.3, 0.4) is 0 Å². The molecule has 7 nitrogen and oxygen atoms in total. The van der Waals surface area contributed by atoms with E-state index in [1.807, 2.05) is 57.4 Å². The molecule has 1 aliphatic heterocycles. The van der Waals surface area contributed by atoms with E-state index in [0.29, 0.717) is 28.8 Å². The third-order valence-electron chi connectivity index (χ3n) is 6.35. The van der Waals surface area contributed by atoms with Crippen LogP contribution in [-0.2, 0) is 12.1 Å². The van der Waals surface area contributed by atoms with Crippen LogP contribution in [0.5, 0.6) is 5.75 Å². The number of carbonyl (C=O) groups excluding carboxylic acids is 1. The molecule has 0 atom stereocenters. The first kappa shape index (κ1) is 23.1. The summed E-state index contributed by atoms with van der Waals surface area (Å²) in [7, 11) is 1.64. The van der Waals surface area contributed by atoms with E-state index >= 15 is 0 Å². The summed E-state index contributed by atoms with van der Waals surface area (Å²) < 4.78 is 8.75. The molecule has 5 aromatic rings. The van der Waals surface area contributed by atoms with E-state index in [1.165, 1.54) is 11.3 Å². The van der Waals surface area contributed by atoms with Gasteiger partial charge in [0.1, 0.15) is 29.2 Å². The molecular weight excluding hydrogens is 514 g/mol. The molecule has 36 heavy (non-hydrogen) atoms. The lowest BCUT2D eigenvalue weighted by Crippen LogP contribution is -2.50. The van der Waals surface area contributed by atoms with Gasteiger partial charge in [-0.15, -0.1) is 22.7 Å². The lowest BCUT2D eigenvalue weighted by Gasteiger charge is -2.39. The quantitative estimate of drug-likeness (QED) is 0.263. The summed E-state index contributed by atoms with van der Waals surface area (Å²) in [5.74, 6) is 0.716. The first-order valence-corrected chi connectivity index (χ1v) is 13.4. The van der Waals surface area contributed by atoms with Crippen molar-refractivity contribution in [1.29, 1.82) is 0 Å². The Balaban J connectivity index is 1.53. The van der Waals surface area contributed by atoms with Crippen LogP contribution in [0.2, 0.25) is 4.34 Å². The largest absolute Gasteiger partial charge is 0.497 e. The SMILES string of the molecule is COc1ccc(CN2CC(C)(C)n3nc(-c4ncnc5ccsc45)c(-c4ccc(Cl)s4)c3C2=O)cc1. The molecule has 1 aromatic carbocycles. The fourth-order valence-corrected chi connectivity index (χ4v) is 6.62. The van der Waals surface area contributed by atoms with E-state index in [0.717, 1.165) is 37.7 Å². The van der Waals surface area contributed by atoms with Crippen molar-refractivity contribution in [2.45, 2.75) is 25.9 Å². The highest BCUT2D eigenvalue weighted by atomic mass is 35.5. The topological polar surface area (TPSA) is 73.1 Å². The Kier molecular flexibility index (Phi) is 5.59. The lowest BCUT2D eigenvalue weighted by atomic mass is 9.98. The number of ether oxygens (including phenoxy) is 1. The number of carbonyl (C=O) groups is 1. The first-order valence-electron chi connectivity index (χ1n) is 11.4. The Morgan fingerprint density at radius 3 is 2.61 bits per heavy atom. The molecule has 0 bridgehead atoms. The van der Waals surface area contributed by atoms with Gasteiger partial charge in [-0.2, -0.15) is 5.10 Å². The van der Waals surface area contributed by atoms with Gasteiger partial charge in [0.15, 0.2) is 0 Å². The Labute approximate surface area is 220 Å². The molecule has 0 N–H and O–H groups in total. The second-order valence-electron chi connectivity index (χ2n) is 9.27.